The number of rotatable bonds is 3. The van der Waals surface area contributed by atoms with E-state index in [1.54, 1.807) is 0 Å². The molecule has 1 amide bonds. The van der Waals surface area contributed by atoms with Crippen molar-refractivity contribution in [2.45, 2.75) is 26.2 Å². The van der Waals surface area contributed by atoms with Gasteiger partial charge in [0.2, 0.25) is 0 Å². The van der Waals surface area contributed by atoms with Crippen molar-refractivity contribution in [1.29, 1.82) is 0 Å². The summed E-state index contributed by atoms with van der Waals surface area (Å²) in [6, 6.07) is 7.60. The van der Waals surface area contributed by atoms with Crippen LogP contribution >= 0.6 is 12.2 Å². The van der Waals surface area contributed by atoms with Gasteiger partial charge in [-0.2, -0.15) is 0 Å². The van der Waals surface area contributed by atoms with Crippen LogP contribution in [0.3, 0.4) is 0 Å². The third-order valence-electron chi connectivity index (χ3n) is 3.65. The summed E-state index contributed by atoms with van der Waals surface area (Å²) < 4.78 is 0. The van der Waals surface area contributed by atoms with Crippen LogP contribution in [0.4, 0.5) is 0 Å². The number of hydrogen-bond acceptors (Lipinski definition) is 2. The molecule has 0 atom stereocenters. The van der Waals surface area contributed by atoms with Crippen molar-refractivity contribution in [3.63, 3.8) is 0 Å². The van der Waals surface area contributed by atoms with E-state index in [1.807, 2.05) is 29.2 Å². The van der Waals surface area contributed by atoms with Crippen molar-refractivity contribution in [3.8, 4) is 0 Å². The Kier molecular flexibility index (Phi) is 4.53. The fourth-order valence-corrected chi connectivity index (χ4v) is 2.53. The number of nitrogens with two attached hydrogens (primary N) is 1. The van der Waals surface area contributed by atoms with Gasteiger partial charge in [0.1, 0.15) is 0 Å². The molecule has 102 valence electrons. The van der Waals surface area contributed by atoms with Gasteiger partial charge in [0.25, 0.3) is 5.91 Å². The minimum absolute atomic E-state index is 0.133. The van der Waals surface area contributed by atoms with E-state index in [0.29, 0.717) is 11.4 Å². The highest BCUT2D eigenvalue weighted by Crippen LogP contribution is 2.18. The molecule has 1 heterocycles. The Morgan fingerprint density at radius 2 is 1.89 bits per heavy atom. The molecular weight excluding hydrogens is 256 g/mol. The topological polar surface area (TPSA) is 46.3 Å². The summed E-state index contributed by atoms with van der Waals surface area (Å²) in [5.41, 5.74) is 7.31. The van der Waals surface area contributed by atoms with E-state index in [9.17, 15) is 4.79 Å². The lowest BCUT2D eigenvalue weighted by molar-refractivity contribution is 0.0697. The van der Waals surface area contributed by atoms with Gasteiger partial charge in [0, 0.05) is 25.1 Å². The molecule has 0 aliphatic carbocycles. The number of amides is 1. The van der Waals surface area contributed by atoms with E-state index in [-0.39, 0.29) is 5.91 Å². The van der Waals surface area contributed by atoms with Gasteiger partial charge < -0.3 is 10.6 Å². The van der Waals surface area contributed by atoms with Crippen LogP contribution in [0.2, 0.25) is 0 Å². The maximum atomic E-state index is 12.3. The maximum absolute atomic E-state index is 12.3. The number of likely N-dealkylation sites (tertiary alicyclic amines) is 1. The minimum atomic E-state index is 0.133. The van der Waals surface area contributed by atoms with Crippen LogP contribution in [0.5, 0.6) is 0 Å². The van der Waals surface area contributed by atoms with Crippen LogP contribution in [0, 0.1) is 5.92 Å². The van der Waals surface area contributed by atoms with E-state index in [0.717, 1.165) is 43.0 Å². The van der Waals surface area contributed by atoms with Gasteiger partial charge >= 0.3 is 0 Å². The number of hydrogen-bond donors (Lipinski definition) is 1. The molecule has 1 saturated heterocycles. The lowest BCUT2D eigenvalue weighted by Crippen LogP contribution is -2.37. The van der Waals surface area contributed by atoms with E-state index in [2.05, 4.69) is 6.92 Å². The van der Waals surface area contributed by atoms with Crippen LogP contribution in [0.25, 0.3) is 0 Å². The zero-order chi connectivity index (χ0) is 13.8. The minimum Gasteiger partial charge on any atom is -0.393 e. The SMILES string of the molecule is CC1CCN(C(=O)c2ccc(CC(N)=S)cc2)CC1. The number of carbonyl (C=O) groups is 1. The zero-order valence-electron chi connectivity index (χ0n) is 11.3. The summed E-state index contributed by atoms with van der Waals surface area (Å²) in [4.78, 5) is 14.7. The molecule has 1 fully saturated rings. The molecule has 2 N–H and O–H groups in total. The number of carbonyl (C=O) groups excluding carboxylic acids is 1. The first kappa shape index (κ1) is 14.0. The molecule has 0 unspecified atom stereocenters. The molecule has 3 nitrogen and oxygen atoms in total. The summed E-state index contributed by atoms with van der Waals surface area (Å²) in [7, 11) is 0. The lowest BCUT2D eigenvalue weighted by atomic mass is 9.98. The lowest BCUT2D eigenvalue weighted by Gasteiger charge is -2.30. The average molecular weight is 276 g/mol. The molecule has 0 radical (unpaired) electrons. The second-order valence-electron chi connectivity index (χ2n) is 5.31. The molecule has 0 saturated carbocycles. The normalized spacial score (nSPS) is 16.4. The smallest absolute Gasteiger partial charge is 0.253 e. The van der Waals surface area contributed by atoms with E-state index < -0.39 is 0 Å². The third kappa shape index (κ3) is 3.77. The predicted molar refractivity (Wildman–Crippen MR) is 81.2 cm³/mol. The van der Waals surface area contributed by atoms with Gasteiger partial charge in [0.15, 0.2) is 0 Å². The van der Waals surface area contributed by atoms with E-state index in [4.69, 9.17) is 18.0 Å². The Balaban J connectivity index is 2.01. The fourth-order valence-electron chi connectivity index (χ4n) is 2.36. The van der Waals surface area contributed by atoms with Crippen molar-refractivity contribution in [3.05, 3.63) is 35.4 Å². The highest BCUT2D eigenvalue weighted by atomic mass is 32.1. The van der Waals surface area contributed by atoms with Crippen molar-refractivity contribution in [2.24, 2.45) is 11.7 Å². The molecule has 1 aromatic rings. The average Bonchev–Trinajstić information content (AvgIpc) is 2.39. The van der Waals surface area contributed by atoms with Crippen LogP contribution in [0.1, 0.15) is 35.7 Å². The van der Waals surface area contributed by atoms with Gasteiger partial charge in [-0.15, -0.1) is 0 Å². The van der Waals surface area contributed by atoms with Gasteiger partial charge in [-0.25, -0.2) is 0 Å². The van der Waals surface area contributed by atoms with Crippen LogP contribution < -0.4 is 5.73 Å². The molecule has 1 aliphatic heterocycles. The van der Waals surface area contributed by atoms with Crippen molar-refractivity contribution >= 4 is 23.1 Å². The predicted octanol–water partition coefficient (Wildman–Crippen LogP) is 2.39. The van der Waals surface area contributed by atoms with E-state index >= 15 is 0 Å². The molecule has 19 heavy (non-hydrogen) atoms. The number of nitrogens with zero attached hydrogens (tertiary/aromatic N) is 1. The third-order valence-corrected chi connectivity index (χ3v) is 3.79. The monoisotopic (exact) mass is 276 g/mol. The van der Waals surface area contributed by atoms with Gasteiger partial charge in [-0.05, 0) is 36.5 Å². The summed E-state index contributed by atoms with van der Waals surface area (Å²) in [6.45, 7) is 3.98. The van der Waals surface area contributed by atoms with E-state index in [1.165, 1.54) is 0 Å². The summed E-state index contributed by atoms with van der Waals surface area (Å²) >= 11 is 4.88. The first-order valence-corrected chi connectivity index (χ1v) is 7.13. The quantitative estimate of drug-likeness (QED) is 0.862. The van der Waals surface area contributed by atoms with Crippen molar-refractivity contribution in [2.75, 3.05) is 13.1 Å². The largest absolute Gasteiger partial charge is 0.393 e. The number of thiocarbonyl (C=S) groups is 1. The highest BCUT2D eigenvalue weighted by molar-refractivity contribution is 7.80. The van der Waals surface area contributed by atoms with Crippen LogP contribution in [0.15, 0.2) is 24.3 Å². The molecule has 0 spiro atoms. The van der Waals surface area contributed by atoms with Gasteiger partial charge in [-0.3, -0.25) is 4.79 Å². The Bertz CT molecular complexity index is 462. The molecule has 1 aromatic carbocycles. The number of piperidine rings is 1. The molecule has 2 rings (SSSR count). The number of benzene rings is 1. The molecular formula is C15H20N2OS. The second-order valence-corrected chi connectivity index (χ2v) is 5.84. The molecule has 0 bridgehead atoms. The van der Waals surface area contributed by atoms with Gasteiger partial charge in [-0.1, -0.05) is 31.3 Å². The summed E-state index contributed by atoms with van der Waals surface area (Å²) in [5.74, 6) is 0.866. The molecule has 0 aromatic heterocycles. The van der Waals surface area contributed by atoms with Crippen molar-refractivity contribution < 1.29 is 4.79 Å². The summed E-state index contributed by atoms with van der Waals surface area (Å²) in [5, 5.41) is 0. The molecule has 1 aliphatic rings. The molecule has 4 heteroatoms. The van der Waals surface area contributed by atoms with Crippen LogP contribution in [-0.2, 0) is 6.42 Å². The first-order valence-electron chi connectivity index (χ1n) is 6.73. The second kappa shape index (κ2) is 6.15. The van der Waals surface area contributed by atoms with Crippen LogP contribution in [-0.4, -0.2) is 28.9 Å². The maximum Gasteiger partial charge on any atom is 0.253 e. The zero-order valence-corrected chi connectivity index (χ0v) is 12.1. The summed E-state index contributed by atoms with van der Waals surface area (Å²) in [6.07, 6.45) is 2.79. The fraction of sp³-hybridized carbons (Fsp3) is 0.467. The standard InChI is InChI=1S/C15H20N2OS/c1-11-6-8-17(9-7-11)15(18)13-4-2-12(3-5-13)10-14(16)19/h2-5,11H,6-10H2,1H3,(H2,16,19). The first-order chi connectivity index (χ1) is 9.06. The Morgan fingerprint density at radius 1 is 1.32 bits per heavy atom. The highest BCUT2D eigenvalue weighted by Gasteiger charge is 2.21. The van der Waals surface area contributed by atoms with Crippen molar-refractivity contribution in [1.82, 2.24) is 4.90 Å². The Labute approximate surface area is 119 Å². The Morgan fingerprint density at radius 3 is 2.42 bits per heavy atom. The Hall–Kier alpha value is -1.42. The van der Waals surface area contributed by atoms with Gasteiger partial charge in [0.05, 0.1) is 4.99 Å².